The molecule has 3 aromatic rings. The van der Waals surface area contributed by atoms with Gasteiger partial charge in [0.25, 0.3) is 0 Å². The number of benzene rings is 2. The van der Waals surface area contributed by atoms with Crippen molar-refractivity contribution < 1.29 is 9.53 Å². The van der Waals surface area contributed by atoms with Gasteiger partial charge in [-0.25, -0.2) is 4.79 Å². The Hall–Kier alpha value is -2.88. The monoisotopic (exact) mass is 334 g/mol. The molecule has 0 atom stereocenters. The van der Waals surface area contributed by atoms with Gasteiger partial charge in [-0.15, -0.1) is 0 Å². The molecular weight excluding hydrogens is 312 g/mol. The Morgan fingerprint density at radius 1 is 1.08 bits per heavy atom. The van der Waals surface area contributed by atoms with Crippen molar-refractivity contribution in [3.8, 4) is 0 Å². The molecule has 0 aliphatic rings. The Morgan fingerprint density at radius 3 is 2.60 bits per heavy atom. The van der Waals surface area contributed by atoms with E-state index in [0.29, 0.717) is 18.7 Å². The van der Waals surface area contributed by atoms with E-state index in [1.54, 1.807) is 13.1 Å². The van der Waals surface area contributed by atoms with Gasteiger partial charge < -0.3 is 10.1 Å². The second-order valence-corrected chi connectivity index (χ2v) is 6.02. The molecule has 3 rings (SSSR count). The third-order valence-corrected chi connectivity index (χ3v) is 4.31. The second-order valence-electron chi connectivity index (χ2n) is 6.02. The maximum Gasteiger partial charge on any atom is 0.341 e. The van der Waals surface area contributed by atoms with Gasteiger partial charge in [0.1, 0.15) is 5.56 Å². The fourth-order valence-electron chi connectivity index (χ4n) is 2.92. The molecule has 1 aromatic heterocycles. The molecule has 4 heteroatoms. The zero-order valence-electron chi connectivity index (χ0n) is 14.8. The highest BCUT2D eigenvalue weighted by molar-refractivity contribution is 6.05. The summed E-state index contributed by atoms with van der Waals surface area (Å²) in [5.74, 6) is -0.356. The number of nitrogens with one attached hydrogen (secondary N) is 1. The van der Waals surface area contributed by atoms with Crippen LogP contribution in [0.3, 0.4) is 0 Å². The highest BCUT2D eigenvalue weighted by Crippen LogP contribution is 2.29. The first-order chi connectivity index (χ1) is 12.1. The van der Waals surface area contributed by atoms with Crippen LogP contribution in [0.5, 0.6) is 0 Å². The van der Waals surface area contributed by atoms with Gasteiger partial charge >= 0.3 is 5.97 Å². The van der Waals surface area contributed by atoms with E-state index in [-0.39, 0.29) is 5.97 Å². The van der Waals surface area contributed by atoms with Crippen molar-refractivity contribution in [2.24, 2.45) is 0 Å². The molecule has 2 aromatic carbocycles. The summed E-state index contributed by atoms with van der Waals surface area (Å²) in [5.41, 5.74) is 5.61. The zero-order valence-corrected chi connectivity index (χ0v) is 14.8. The molecule has 1 heterocycles. The van der Waals surface area contributed by atoms with Gasteiger partial charge in [-0.3, -0.25) is 4.98 Å². The minimum Gasteiger partial charge on any atom is -0.462 e. The molecule has 0 bridgehead atoms. The molecule has 0 aliphatic heterocycles. The Morgan fingerprint density at radius 2 is 1.84 bits per heavy atom. The molecule has 0 aliphatic carbocycles. The van der Waals surface area contributed by atoms with Crippen LogP contribution in [0.25, 0.3) is 10.9 Å². The molecular formula is C21H22N2O2. The third-order valence-electron chi connectivity index (χ3n) is 4.31. The average Bonchev–Trinajstić information content (AvgIpc) is 2.61. The van der Waals surface area contributed by atoms with Gasteiger partial charge in [0.15, 0.2) is 0 Å². The lowest BCUT2D eigenvalue weighted by Gasteiger charge is -2.15. The number of anilines is 1. The van der Waals surface area contributed by atoms with Crippen LogP contribution in [-0.4, -0.2) is 17.6 Å². The normalized spacial score (nSPS) is 10.7. The molecule has 0 saturated heterocycles. The van der Waals surface area contributed by atoms with E-state index < -0.39 is 0 Å². The van der Waals surface area contributed by atoms with Crippen molar-refractivity contribution in [2.75, 3.05) is 11.9 Å². The van der Waals surface area contributed by atoms with Gasteiger partial charge in [-0.05, 0) is 37.5 Å². The SMILES string of the molecule is CCOC(=O)c1cnc2c(C)cccc2c1NCc1ccccc1C. The van der Waals surface area contributed by atoms with Crippen LogP contribution in [0.15, 0.2) is 48.7 Å². The first kappa shape index (κ1) is 17.0. The summed E-state index contributed by atoms with van der Waals surface area (Å²) < 4.78 is 5.20. The van der Waals surface area contributed by atoms with Gasteiger partial charge in [-0.1, -0.05) is 42.5 Å². The Balaban J connectivity index is 2.06. The van der Waals surface area contributed by atoms with Crippen molar-refractivity contribution in [3.63, 3.8) is 0 Å². The van der Waals surface area contributed by atoms with Crippen LogP contribution in [0.4, 0.5) is 5.69 Å². The maximum atomic E-state index is 12.4. The van der Waals surface area contributed by atoms with Crippen molar-refractivity contribution in [2.45, 2.75) is 27.3 Å². The smallest absolute Gasteiger partial charge is 0.341 e. The number of esters is 1. The first-order valence-electron chi connectivity index (χ1n) is 8.45. The predicted molar refractivity (Wildman–Crippen MR) is 101 cm³/mol. The number of pyridine rings is 1. The van der Waals surface area contributed by atoms with E-state index in [4.69, 9.17) is 4.74 Å². The number of ether oxygens (including phenoxy) is 1. The maximum absolute atomic E-state index is 12.4. The standard InChI is InChI=1S/C21H22N2O2/c1-4-25-21(24)18-13-23-19-15(3)9-7-11-17(19)20(18)22-12-16-10-6-5-8-14(16)2/h5-11,13H,4,12H2,1-3H3,(H,22,23). The molecule has 0 fully saturated rings. The van der Waals surface area contributed by atoms with Crippen LogP contribution in [0.1, 0.15) is 34.0 Å². The molecule has 0 spiro atoms. The van der Waals surface area contributed by atoms with Gasteiger partial charge in [0, 0.05) is 18.1 Å². The Kier molecular flexibility index (Phi) is 4.98. The number of carbonyl (C=O) groups is 1. The summed E-state index contributed by atoms with van der Waals surface area (Å²) in [5, 5.41) is 4.37. The molecule has 0 saturated carbocycles. The predicted octanol–water partition coefficient (Wildman–Crippen LogP) is 4.64. The number of aromatic nitrogens is 1. The lowest BCUT2D eigenvalue weighted by atomic mass is 10.0. The van der Waals surface area contributed by atoms with E-state index in [0.717, 1.165) is 22.2 Å². The van der Waals surface area contributed by atoms with Gasteiger partial charge in [0.2, 0.25) is 0 Å². The summed E-state index contributed by atoms with van der Waals surface area (Å²) in [4.78, 5) is 16.8. The highest BCUT2D eigenvalue weighted by atomic mass is 16.5. The average molecular weight is 334 g/mol. The summed E-state index contributed by atoms with van der Waals surface area (Å²) in [7, 11) is 0. The van der Waals surface area contributed by atoms with Crippen LogP contribution >= 0.6 is 0 Å². The highest BCUT2D eigenvalue weighted by Gasteiger charge is 2.17. The summed E-state index contributed by atoms with van der Waals surface area (Å²) in [6.07, 6.45) is 1.60. The second kappa shape index (κ2) is 7.34. The van der Waals surface area contributed by atoms with E-state index in [1.165, 1.54) is 11.1 Å². The lowest BCUT2D eigenvalue weighted by molar-refractivity contribution is 0.0527. The topological polar surface area (TPSA) is 51.2 Å². The number of para-hydroxylation sites is 1. The molecule has 0 amide bonds. The molecule has 128 valence electrons. The largest absolute Gasteiger partial charge is 0.462 e. The first-order valence-corrected chi connectivity index (χ1v) is 8.45. The van der Waals surface area contributed by atoms with Crippen LogP contribution in [0, 0.1) is 13.8 Å². The van der Waals surface area contributed by atoms with Gasteiger partial charge in [-0.2, -0.15) is 0 Å². The number of fused-ring (bicyclic) bond motifs is 1. The van der Waals surface area contributed by atoms with Crippen molar-refractivity contribution in [1.29, 1.82) is 0 Å². The quantitative estimate of drug-likeness (QED) is 0.691. The lowest BCUT2D eigenvalue weighted by Crippen LogP contribution is -2.11. The Labute approximate surface area is 147 Å². The van der Waals surface area contributed by atoms with Crippen molar-refractivity contribution in [1.82, 2.24) is 4.98 Å². The molecule has 0 radical (unpaired) electrons. The van der Waals surface area contributed by atoms with E-state index in [9.17, 15) is 4.79 Å². The minimum atomic E-state index is -0.356. The van der Waals surface area contributed by atoms with Crippen molar-refractivity contribution >= 4 is 22.6 Å². The Bertz CT molecular complexity index is 919. The van der Waals surface area contributed by atoms with E-state index in [1.807, 2.05) is 37.3 Å². The third kappa shape index (κ3) is 3.48. The molecule has 4 nitrogen and oxygen atoms in total. The van der Waals surface area contributed by atoms with Crippen molar-refractivity contribution in [3.05, 3.63) is 70.9 Å². The fourth-order valence-corrected chi connectivity index (χ4v) is 2.92. The molecule has 0 unspecified atom stereocenters. The number of aryl methyl sites for hydroxylation is 2. The number of hydrogen-bond donors (Lipinski definition) is 1. The molecule has 1 N–H and O–H groups in total. The van der Waals surface area contributed by atoms with Crippen LogP contribution in [0.2, 0.25) is 0 Å². The van der Waals surface area contributed by atoms with Gasteiger partial charge in [0.05, 0.1) is 17.8 Å². The van der Waals surface area contributed by atoms with Crippen LogP contribution in [-0.2, 0) is 11.3 Å². The zero-order chi connectivity index (χ0) is 17.8. The van der Waals surface area contributed by atoms with Crippen LogP contribution < -0.4 is 5.32 Å². The number of nitrogens with zero attached hydrogens (tertiary/aromatic N) is 1. The molecule has 25 heavy (non-hydrogen) atoms. The summed E-state index contributed by atoms with van der Waals surface area (Å²) in [6, 6.07) is 14.2. The number of rotatable bonds is 5. The van der Waals surface area contributed by atoms with E-state index in [2.05, 4.69) is 29.4 Å². The van der Waals surface area contributed by atoms with E-state index >= 15 is 0 Å². The summed E-state index contributed by atoms with van der Waals surface area (Å²) in [6.45, 7) is 6.87. The number of hydrogen-bond acceptors (Lipinski definition) is 4. The number of carbonyl (C=O) groups excluding carboxylic acids is 1. The fraction of sp³-hybridized carbons (Fsp3) is 0.238. The minimum absolute atomic E-state index is 0.335. The summed E-state index contributed by atoms with van der Waals surface area (Å²) >= 11 is 0.